The first kappa shape index (κ1) is 15.7. The summed E-state index contributed by atoms with van der Waals surface area (Å²) >= 11 is 0. The van der Waals surface area contributed by atoms with E-state index in [4.69, 9.17) is 4.74 Å². The van der Waals surface area contributed by atoms with Gasteiger partial charge in [-0.3, -0.25) is 4.68 Å². The lowest BCUT2D eigenvalue weighted by atomic mass is 10.0. The van der Waals surface area contributed by atoms with Crippen LogP contribution in [0.2, 0.25) is 0 Å². The van der Waals surface area contributed by atoms with Gasteiger partial charge in [-0.05, 0) is 37.8 Å². The van der Waals surface area contributed by atoms with Crippen molar-refractivity contribution in [1.82, 2.24) is 4.68 Å². The smallest absolute Gasteiger partial charge is 0.0977 e. The van der Waals surface area contributed by atoms with Crippen molar-refractivity contribution in [2.75, 3.05) is 26.2 Å². The minimum absolute atomic E-state index is 1.03. The molecule has 3 heteroatoms. The molecule has 1 aromatic heterocycles. The van der Waals surface area contributed by atoms with Gasteiger partial charge in [-0.15, -0.1) is 0 Å². The molecule has 0 fully saturated rings. The van der Waals surface area contributed by atoms with E-state index in [0.29, 0.717) is 0 Å². The monoisotopic (exact) mass is 264 g/mol. The van der Waals surface area contributed by atoms with Crippen molar-refractivity contribution >= 4 is 5.57 Å². The Hall–Kier alpha value is -1.38. The number of ether oxygens (including phenoxy) is 1. The molecule has 0 atom stereocenters. The minimum Gasteiger partial charge on any atom is -0.501 e. The second kappa shape index (κ2) is 7.27. The van der Waals surface area contributed by atoms with E-state index >= 15 is 0 Å². The Labute approximate surface area is 117 Å². The molecule has 0 radical (unpaired) electrons. The molecule has 0 bridgehead atoms. The van der Waals surface area contributed by atoms with Crippen LogP contribution >= 0.6 is 0 Å². The van der Waals surface area contributed by atoms with Crippen molar-refractivity contribution in [2.45, 2.75) is 46.5 Å². The van der Waals surface area contributed by atoms with Crippen LogP contribution in [0.1, 0.15) is 51.3 Å². The summed E-state index contributed by atoms with van der Waals surface area (Å²) in [6.45, 7) is 6.48. The fourth-order valence-electron chi connectivity index (χ4n) is 2.22. The number of aryl methyl sites for hydroxylation is 1. The molecule has 1 aromatic rings. The van der Waals surface area contributed by atoms with Gasteiger partial charge in [0.15, 0.2) is 0 Å². The molecule has 1 rings (SSSR count). The van der Waals surface area contributed by atoms with Gasteiger partial charge in [-0.25, -0.2) is 0 Å². The van der Waals surface area contributed by atoms with Crippen molar-refractivity contribution in [3.63, 3.8) is 0 Å². The van der Waals surface area contributed by atoms with Crippen molar-refractivity contribution in [3.05, 3.63) is 29.3 Å². The average Bonchev–Trinajstić information content (AvgIpc) is 2.83. The average molecular weight is 264 g/mol. The topological polar surface area (TPSA) is 17.4 Å². The molecule has 3 nitrogen and oxygen atoms in total. The second-order valence-electron chi connectivity index (χ2n) is 5.12. The third kappa shape index (κ3) is 3.79. The zero-order chi connectivity index (χ0) is 14.4. The summed E-state index contributed by atoms with van der Waals surface area (Å²) in [5.41, 5.74) is 3.94. The summed E-state index contributed by atoms with van der Waals surface area (Å²) in [5.74, 6) is 1.03. The molecule has 0 aliphatic carbocycles. The van der Waals surface area contributed by atoms with Crippen LogP contribution in [0.5, 0.6) is 0 Å². The van der Waals surface area contributed by atoms with E-state index < -0.39 is 0 Å². The Morgan fingerprint density at radius 1 is 1.32 bits per heavy atom. The summed E-state index contributed by atoms with van der Waals surface area (Å²) in [4.78, 5) is 0. The number of allylic oxidation sites excluding steroid dienone is 2. The lowest BCUT2D eigenvalue weighted by molar-refractivity contribution is 0.294. The second-order valence-corrected chi connectivity index (χ2v) is 5.12. The third-order valence-electron chi connectivity index (χ3n) is 3.52. The number of methoxy groups -OCH3 is 1. The Balaban J connectivity index is 3.25. The van der Waals surface area contributed by atoms with Crippen LogP contribution in [0, 0.1) is 0 Å². The lowest BCUT2D eigenvalue weighted by Gasteiger charge is -2.20. The molecule has 0 spiro atoms. The summed E-state index contributed by atoms with van der Waals surface area (Å²) in [7, 11) is 5.90. The van der Waals surface area contributed by atoms with E-state index in [1.807, 2.05) is 0 Å². The molecule has 0 amide bonds. The first-order valence-electron chi connectivity index (χ1n) is 7.18. The maximum Gasteiger partial charge on any atom is 0.0977 e. The minimum atomic E-state index is 1.03. The Morgan fingerprint density at radius 2 is 2.00 bits per heavy atom. The van der Waals surface area contributed by atoms with E-state index in [0.717, 1.165) is 18.6 Å². The normalized spacial score (nSPS) is 12.3. The molecule has 108 valence electrons. The van der Waals surface area contributed by atoms with E-state index in [1.165, 1.54) is 29.7 Å². The van der Waals surface area contributed by atoms with Gasteiger partial charge in [0, 0.05) is 25.9 Å². The van der Waals surface area contributed by atoms with Crippen LogP contribution < -0.4 is 5.01 Å². The lowest BCUT2D eigenvalue weighted by Crippen LogP contribution is -2.25. The number of aromatic nitrogens is 1. The first-order valence-corrected chi connectivity index (χ1v) is 7.18. The van der Waals surface area contributed by atoms with Gasteiger partial charge in [0.1, 0.15) is 0 Å². The zero-order valence-electron chi connectivity index (χ0n) is 13.3. The number of rotatable bonds is 7. The van der Waals surface area contributed by atoms with Gasteiger partial charge in [0.2, 0.25) is 0 Å². The highest BCUT2D eigenvalue weighted by Crippen LogP contribution is 2.27. The van der Waals surface area contributed by atoms with Gasteiger partial charge in [0.25, 0.3) is 0 Å². The van der Waals surface area contributed by atoms with Crippen LogP contribution in [-0.4, -0.2) is 25.9 Å². The Bertz CT molecular complexity index is 430. The number of hydrogen-bond donors (Lipinski definition) is 0. The number of unbranched alkanes of at least 4 members (excludes halogenated alkanes) is 1. The highest BCUT2D eigenvalue weighted by molar-refractivity contribution is 5.66. The van der Waals surface area contributed by atoms with Gasteiger partial charge in [-0.2, -0.15) is 0 Å². The predicted octanol–water partition coefficient (Wildman–Crippen LogP) is 3.82. The molecule has 0 N–H and O–H groups in total. The summed E-state index contributed by atoms with van der Waals surface area (Å²) in [6, 6.07) is 2.29. The summed E-state index contributed by atoms with van der Waals surface area (Å²) < 4.78 is 7.70. The molecular weight excluding hydrogens is 236 g/mol. The van der Waals surface area contributed by atoms with Crippen molar-refractivity contribution in [1.29, 1.82) is 0 Å². The molecule has 19 heavy (non-hydrogen) atoms. The Morgan fingerprint density at radius 3 is 2.47 bits per heavy atom. The SMILES string of the molecule is CCCC/C(=C(/C)OC)c1cc(CC)cn1N(C)C. The van der Waals surface area contributed by atoms with Crippen LogP contribution in [0.15, 0.2) is 18.0 Å². The molecule has 0 saturated carbocycles. The first-order chi connectivity index (χ1) is 9.04. The van der Waals surface area contributed by atoms with Crippen molar-refractivity contribution in [3.8, 4) is 0 Å². The Kier molecular flexibility index (Phi) is 6.00. The fraction of sp³-hybridized carbons (Fsp3) is 0.625. The molecular formula is C16H28N2O. The molecule has 0 aromatic carbocycles. The fourth-order valence-corrected chi connectivity index (χ4v) is 2.22. The van der Waals surface area contributed by atoms with Crippen LogP contribution in [0.3, 0.4) is 0 Å². The largest absolute Gasteiger partial charge is 0.501 e. The van der Waals surface area contributed by atoms with E-state index in [9.17, 15) is 0 Å². The van der Waals surface area contributed by atoms with Gasteiger partial charge >= 0.3 is 0 Å². The van der Waals surface area contributed by atoms with Crippen LogP contribution in [-0.2, 0) is 11.2 Å². The van der Waals surface area contributed by atoms with E-state index in [2.05, 4.69) is 56.8 Å². The highest BCUT2D eigenvalue weighted by Gasteiger charge is 2.14. The number of nitrogens with zero attached hydrogens (tertiary/aromatic N) is 2. The third-order valence-corrected chi connectivity index (χ3v) is 3.52. The number of hydrogen-bond acceptors (Lipinski definition) is 2. The molecule has 0 saturated heterocycles. The van der Waals surface area contributed by atoms with Gasteiger partial charge < -0.3 is 9.75 Å². The van der Waals surface area contributed by atoms with Crippen molar-refractivity contribution in [2.24, 2.45) is 0 Å². The molecule has 0 aliphatic rings. The van der Waals surface area contributed by atoms with Crippen LogP contribution in [0.25, 0.3) is 5.57 Å². The maximum atomic E-state index is 5.49. The maximum absolute atomic E-state index is 5.49. The summed E-state index contributed by atoms with van der Waals surface area (Å²) in [5, 5.41) is 2.11. The molecule has 1 heterocycles. The molecule has 0 unspecified atom stereocenters. The zero-order valence-corrected chi connectivity index (χ0v) is 13.3. The quantitative estimate of drug-likeness (QED) is 0.697. The van der Waals surface area contributed by atoms with Crippen molar-refractivity contribution < 1.29 is 4.74 Å². The van der Waals surface area contributed by atoms with Gasteiger partial charge in [0.05, 0.1) is 18.6 Å². The van der Waals surface area contributed by atoms with Gasteiger partial charge in [-0.1, -0.05) is 20.3 Å². The van der Waals surface area contributed by atoms with Crippen LogP contribution in [0.4, 0.5) is 0 Å². The molecule has 0 aliphatic heterocycles. The highest BCUT2D eigenvalue weighted by atomic mass is 16.5. The van der Waals surface area contributed by atoms with E-state index in [-0.39, 0.29) is 0 Å². The summed E-state index contributed by atoms with van der Waals surface area (Å²) in [6.07, 6.45) is 6.72. The van der Waals surface area contributed by atoms with E-state index in [1.54, 1.807) is 7.11 Å². The predicted molar refractivity (Wildman–Crippen MR) is 83.0 cm³/mol. The standard InChI is InChI=1S/C16H28N2O/c1-7-9-10-15(13(3)19-6)16-11-14(8-2)12-18(16)17(4)5/h11-12H,7-10H2,1-6H3/b15-13+.